The highest BCUT2D eigenvalue weighted by molar-refractivity contribution is 5.91. The molecule has 4 aromatic carbocycles. The highest BCUT2D eigenvalue weighted by atomic mass is 16.4. The average molecular weight is 408 g/mol. The van der Waals surface area contributed by atoms with Crippen LogP contribution in [0, 0.1) is 13.8 Å². The van der Waals surface area contributed by atoms with Crippen LogP contribution >= 0.6 is 0 Å². The van der Waals surface area contributed by atoms with Crippen LogP contribution in [0.3, 0.4) is 0 Å². The molecule has 0 fully saturated rings. The third kappa shape index (κ3) is 4.36. The SMILES string of the molecule is Cc1ccc(-c2cccc(Cc3ccc(O)c(C(=O)O)c3)c2-c2ccc(C)cc2)cc1. The van der Waals surface area contributed by atoms with Crippen molar-refractivity contribution in [3.8, 4) is 28.0 Å². The topological polar surface area (TPSA) is 57.5 Å². The fourth-order valence-electron chi connectivity index (χ4n) is 3.87. The van der Waals surface area contributed by atoms with Gasteiger partial charge in [-0.05, 0) is 65.8 Å². The molecule has 31 heavy (non-hydrogen) atoms. The Morgan fingerprint density at radius 1 is 0.774 bits per heavy atom. The van der Waals surface area contributed by atoms with E-state index < -0.39 is 5.97 Å². The molecule has 0 saturated carbocycles. The van der Waals surface area contributed by atoms with Gasteiger partial charge in [0.2, 0.25) is 0 Å². The number of rotatable bonds is 5. The minimum Gasteiger partial charge on any atom is -0.507 e. The second-order valence-corrected chi connectivity index (χ2v) is 7.91. The number of carbonyl (C=O) groups is 1. The number of aromatic hydroxyl groups is 1. The van der Waals surface area contributed by atoms with Gasteiger partial charge in [0.1, 0.15) is 11.3 Å². The molecule has 0 spiro atoms. The maximum atomic E-state index is 11.5. The average Bonchev–Trinajstić information content (AvgIpc) is 2.76. The van der Waals surface area contributed by atoms with Gasteiger partial charge in [-0.25, -0.2) is 4.79 Å². The van der Waals surface area contributed by atoms with Crippen LogP contribution in [-0.4, -0.2) is 16.2 Å². The first-order valence-corrected chi connectivity index (χ1v) is 10.2. The standard InChI is InChI=1S/C28H24O3/c1-18-6-11-21(12-7-18)24-5-3-4-23(27(24)22-13-8-19(2)9-14-22)16-20-10-15-26(29)25(17-20)28(30)31/h3-15,17,29H,16H2,1-2H3,(H,30,31). The second kappa shape index (κ2) is 8.49. The van der Waals surface area contributed by atoms with Crippen molar-refractivity contribution < 1.29 is 15.0 Å². The molecule has 0 radical (unpaired) electrons. The molecular formula is C28H24O3. The molecule has 0 saturated heterocycles. The number of benzene rings is 4. The van der Waals surface area contributed by atoms with Crippen LogP contribution in [0.4, 0.5) is 0 Å². The molecule has 2 N–H and O–H groups in total. The van der Waals surface area contributed by atoms with Crippen molar-refractivity contribution in [3.63, 3.8) is 0 Å². The maximum absolute atomic E-state index is 11.5. The molecule has 3 heteroatoms. The van der Waals surface area contributed by atoms with Gasteiger partial charge in [-0.2, -0.15) is 0 Å². The van der Waals surface area contributed by atoms with Gasteiger partial charge < -0.3 is 10.2 Å². The highest BCUT2D eigenvalue weighted by Crippen LogP contribution is 2.36. The molecule has 0 aromatic heterocycles. The first-order valence-electron chi connectivity index (χ1n) is 10.2. The van der Waals surface area contributed by atoms with E-state index in [9.17, 15) is 15.0 Å². The van der Waals surface area contributed by atoms with Gasteiger partial charge >= 0.3 is 5.97 Å². The number of phenols is 1. The predicted molar refractivity (Wildman–Crippen MR) is 125 cm³/mol. The highest BCUT2D eigenvalue weighted by Gasteiger charge is 2.15. The summed E-state index contributed by atoms with van der Waals surface area (Å²) in [6, 6.07) is 28.0. The Morgan fingerprint density at radius 3 is 2.00 bits per heavy atom. The van der Waals surface area contributed by atoms with Gasteiger partial charge in [0, 0.05) is 0 Å². The van der Waals surface area contributed by atoms with Crippen LogP contribution in [-0.2, 0) is 6.42 Å². The molecule has 0 aliphatic heterocycles. The van der Waals surface area contributed by atoms with Gasteiger partial charge in [-0.15, -0.1) is 0 Å². The molecule has 154 valence electrons. The first kappa shape index (κ1) is 20.4. The predicted octanol–water partition coefficient (Wildman–Crippen LogP) is 6.63. The number of hydrogen-bond donors (Lipinski definition) is 2. The third-order valence-corrected chi connectivity index (χ3v) is 5.54. The monoisotopic (exact) mass is 408 g/mol. The van der Waals surface area contributed by atoms with E-state index in [2.05, 4.69) is 74.5 Å². The fraction of sp³-hybridized carbons (Fsp3) is 0.107. The molecule has 4 rings (SSSR count). The van der Waals surface area contributed by atoms with E-state index >= 15 is 0 Å². The number of aromatic carboxylic acids is 1. The Labute approximate surface area is 182 Å². The van der Waals surface area contributed by atoms with Crippen LogP contribution in [0.2, 0.25) is 0 Å². The maximum Gasteiger partial charge on any atom is 0.339 e. The van der Waals surface area contributed by atoms with E-state index in [0.29, 0.717) is 6.42 Å². The van der Waals surface area contributed by atoms with E-state index in [1.807, 2.05) is 6.07 Å². The molecule has 0 aliphatic rings. The fourth-order valence-corrected chi connectivity index (χ4v) is 3.87. The molecular weight excluding hydrogens is 384 g/mol. The van der Waals surface area contributed by atoms with Crippen molar-refractivity contribution in [1.82, 2.24) is 0 Å². The molecule has 0 bridgehead atoms. The number of carboxylic acids is 1. The van der Waals surface area contributed by atoms with Crippen molar-refractivity contribution >= 4 is 5.97 Å². The zero-order valence-electron chi connectivity index (χ0n) is 17.6. The summed E-state index contributed by atoms with van der Waals surface area (Å²) in [7, 11) is 0. The second-order valence-electron chi connectivity index (χ2n) is 7.91. The largest absolute Gasteiger partial charge is 0.507 e. The summed E-state index contributed by atoms with van der Waals surface area (Å²) in [6.07, 6.45) is 0.559. The summed E-state index contributed by atoms with van der Waals surface area (Å²) in [5.74, 6) is -1.35. The Morgan fingerprint density at radius 2 is 1.39 bits per heavy atom. The molecule has 0 unspecified atom stereocenters. The lowest BCUT2D eigenvalue weighted by Gasteiger charge is -2.17. The lowest BCUT2D eigenvalue weighted by Crippen LogP contribution is -2.00. The molecule has 0 aliphatic carbocycles. The van der Waals surface area contributed by atoms with Crippen LogP contribution in [0.1, 0.15) is 32.6 Å². The summed E-state index contributed by atoms with van der Waals surface area (Å²) in [5, 5.41) is 19.2. The molecule has 4 aromatic rings. The van der Waals surface area contributed by atoms with Crippen molar-refractivity contribution in [2.24, 2.45) is 0 Å². The Kier molecular flexibility index (Phi) is 5.59. The Bertz CT molecular complexity index is 1240. The Balaban J connectivity index is 1.87. The van der Waals surface area contributed by atoms with Crippen LogP contribution in [0.5, 0.6) is 5.75 Å². The van der Waals surface area contributed by atoms with Crippen molar-refractivity contribution in [2.45, 2.75) is 20.3 Å². The van der Waals surface area contributed by atoms with Crippen molar-refractivity contribution in [2.75, 3.05) is 0 Å². The quantitative estimate of drug-likeness (QED) is 0.389. The van der Waals surface area contributed by atoms with Crippen molar-refractivity contribution in [3.05, 3.63) is 113 Å². The summed E-state index contributed by atoms with van der Waals surface area (Å²) >= 11 is 0. The lowest BCUT2D eigenvalue weighted by molar-refractivity contribution is 0.0693. The third-order valence-electron chi connectivity index (χ3n) is 5.54. The summed E-state index contributed by atoms with van der Waals surface area (Å²) in [6.45, 7) is 4.15. The minimum atomic E-state index is -1.13. The summed E-state index contributed by atoms with van der Waals surface area (Å²) in [4.78, 5) is 11.5. The van der Waals surface area contributed by atoms with E-state index in [-0.39, 0.29) is 11.3 Å². The van der Waals surface area contributed by atoms with Gasteiger partial charge in [0.15, 0.2) is 0 Å². The number of carboxylic acid groups (broad SMARTS) is 1. The van der Waals surface area contributed by atoms with E-state index in [1.165, 1.54) is 17.2 Å². The molecule has 0 heterocycles. The van der Waals surface area contributed by atoms with Crippen LogP contribution in [0.15, 0.2) is 84.9 Å². The lowest BCUT2D eigenvalue weighted by atomic mass is 9.87. The van der Waals surface area contributed by atoms with E-state index in [1.54, 1.807) is 12.1 Å². The summed E-state index contributed by atoms with van der Waals surface area (Å²) in [5.41, 5.74) is 8.80. The van der Waals surface area contributed by atoms with Gasteiger partial charge in [0.05, 0.1) is 0 Å². The molecule has 0 atom stereocenters. The first-order chi connectivity index (χ1) is 14.9. The van der Waals surface area contributed by atoms with E-state index in [0.717, 1.165) is 33.4 Å². The van der Waals surface area contributed by atoms with Gasteiger partial charge in [-0.1, -0.05) is 83.9 Å². The summed E-state index contributed by atoms with van der Waals surface area (Å²) < 4.78 is 0. The van der Waals surface area contributed by atoms with Gasteiger partial charge in [0.25, 0.3) is 0 Å². The van der Waals surface area contributed by atoms with Crippen LogP contribution < -0.4 is 0 Å². The van der Waals surface area contributed by atoms with E-state index in [4.69, 9.17) is 0 Å². The smallest absolute Gasteiger partial charge is 0.339 e. The zero-order valence-corrected chi connectivity index (χ0v) is 17.6. The van der Waals surface area contributed by atoms with Crippen molar-refractivity contribution in [1.29, 1.82) is 0 Å². The molecule has 0 amide bonds. The minimum absolute atomic E-state index is 0.0796. The van der Waals surface area contributed by atoms with Crippen LogP contribution in [0.25, 0.3) is 22.3 Å². The number of aryl methyl sites for hydroxylation is 2. The molecule has 3 nitrogen and oxygen atoms in total. The normalized spacial score (nSPS) is 10.8. The zero-order chi connectivity index (χ0) is 22.0. The van der Waals surface area contributed by atoms with Gasteiger partial charge in [-0.3, -0.25) is 0 Å². The number of hydrogen-bond acceptors (Lipinski definition) is 2. The Hall–Kier alpha value is -3.85.